The van der Waals surface area contributed by atoms with Crippen LogP contribution in [-0.4, -0.2) is 48.9 Å². The molecule has 0 saturated carbocycles. The molecule has 0 aliphatic carbocycles. The largest absolute Gasteiger partial charge is 0.404 e. The van der Waals surface area contributed by atoms with Crippen LogP contribution >= 0.6 is 15.3 Å². The van der Waals surface area contributed by atoms with E-state index < -0.39 is 15.3 Å². The fourth-order valence-electron chi connectivity index (χ4n) is 0.481. The highest BCUT2D eigenvalue weighted by molar-refractivity contribution is 7.59. The van der Waals surface area contributed by atoms with Gasteiger partial charge in [0.15, 0.2) is 0 Å². The second-order valence-electron chi connectivity index (χ2n) is 2.24. The summed E-state index contributed by atoms with van der Waals surface area (Å²) in [5, 5.41) is 2.39. The molecule has 1 N–H and O–H groups in total. The van der Waals surface area contributed by atoms with E-state index in [9.17, 15) is 4.57 Å². The van der Waals surface area contributed by atoms with Gasteiger partial charge in [-0.15, -0.1) is 0 Å². The summed E-state index contributed by atoms with van der Waals surface area (Å²) in [4.78, 5) is 0. The molecule has 100 valence electrons. The van der Waals surface area contributed by atoms with Crippen molar-refractivity contribution in [1.29, 1.82) is 0 Å². The van der Waals surface area contributed by atoms with Gasteiger partial charge in [0.2, 0.25) is 7.57 Å². The Morgan fingerprint density at radius 3 is 1.19 bits per heavy atom. The Bertz CT molecular complexity index is 195. The van der Waals surface area contributed by atoms with Crippen LogP contribution in [0.1, 0.15) is 0 Å². The molecular weight excluding hydrogens is 256 g/mol. The molecule has 9 heteroatoms. The van der Waals surface area contributed by atoms with E-state index >= 15 is 0 Å². The summed E-state index contributed by atoms with van der Waals surface area (Å²) in [6.45, 7) is 0. The Morgan fingerprint density at radius 1 is 0.875 bits per heavy atom. The highest BCUT2D eigenvalue weighted by atomic mass is 31.2. The summed E-state index contributed by atoms with van der Waals surface area (Å²) in [7, 11) is 3.60. The van der Waals surface area contributed by atoms with Crippen molar-refractivity contribution in [3.05, 3.63) is 0 Å². The lowest BCUT2D eigenvalue weighted by molar-refractivity contribution is 0.233. The van der Waals surface area contributed by atoms with Gasteiger partial charge < -0.3 is 22.6 Å². The molecule has 0 radical (unpaired) electrons. The van der Waals surface area contributed by atoms with E-state index in [2.05, 4.69) is 20.4 Å². The highest BCUT2D eigenvalue weighted by Crippen LogP contribution is 2.45. The molecule has 0 spiro atoms. The maximum Gasteiger partial charge on any atom is 0.404 e. The van der Waals surface area contributed by atoms with E-state index in [1.54, 1.807) is 0 Å². The Kier molecular flexibility index (Phi) is 10.9. The van der Waals surface area contributed by atoms with Crippen LogP contribution in [0.4, 0.5) is 0 Å². The van der Waals surface area contributed by atoms with Crippen molar-refractivity contribution < 1.29 is 27.2 Å². The lowest BCUT2D eigenvalue weighted by atomic mass is 11.6. The first kappa shape index (κ1) is 18.6. The molecule has 0 aromatic rings. The van der Waals surface area contributed by atoms with E-state index in [4.69, 9.17) is 13.6 Å². The molecule has 0 bridgehead atoms. The van der Waals surface area contributed by atoms with Gasteiger partial charge in [0.25, 0.3) is 0 Å². The summed E-state index contributed by atoms with van der Waals surface area (Å²) >= 11 is 0. The monoisotopic (exact) mass is 277 g/mol. The molecule has 0 atom stereocenters. The van der Waals surface area contributed by atoms with E-state index in [0.717, 1.165) is 0 Å². The summed E-state index contributed by atoms with van der Waals surface area (Å²) in [5.41, 5.74) is 0. The second-order valence-corrected chi connectivity index (χ2v) is 6.73. The normalized spacial score (nSPS) is 11.9. The van der Waals surface area contributed by atoms with Gasteiger partial charge in [0, 0.05) is 35.5 Å². The minimum Gasteiger partial charge on any atom is -0.321 e. The van der Waals surface area contributed by atoms with Gasteiger partial charge in [0.1, 0.15) is 0 Å². The number of rotatable bonds is 6. The maximum absolute atomic E-state index is 10.8. The number of nitrogens with one attached hydrogen (secondary N) is 1. The van der Waals surface area contributed by atoms with Crippen molar-refractivity contribution in [1.82, 2.24) is 5.09 Å². The first-order valence-corrected chi connectivity index (χ1v) is 7.45. The lowest BCUT2D eigenvalue weighted by Crippen LogP contribution is -2.05. The van der Waals surface area contributed by atoms with Crippen molar-refractivity contribution in [3.8, 4) is 0 Å². The molecule has 0 fully saturated rings. The van der Waals surface area contributed by atoms with E-state index in [1.807, 2.05) is 0 Å². The molecule has 16 heavy (non-hydrogen) atoms. The molecule has 0 amide bonds. The molecule has 0 aliphatic heterocycles. The Labute approximate surface area is 97.2 Å². The zero-order chi connectivity index (χ0) is 13.2. The van der Waals surface area contributed by atoms with Crippen LogP contribution in [0.5, 0.6) is 0 Å². The summed E-state index contributed by atoms with van der Waals surface area (Å²) in [6, 6.07) is 0. The quantitative estimate of drug-likeness (QED) is 0.741. The zero-order valence-electron chi connectivity index (χ0n) is 10.6. The molecular formula is C7H21NO6P2. The van der Waals surface area contributed by atoms with Crippen LogP contribution in [0.2, 0.25) is 0 Å². The Balaban J connectivity index is 0. The third kappa shape index (κ3) is 7.54. The molecule has 0 heterocycles. The van der Waals surface area contributed by atoms with Gasteiger partial charge in [-0.3, -0.25) is 0 Å². The van der Waals surface area contributed by atoms with Crippen molar-refractivity contribution in [2.24, 2.45) is 0 Å². The topological polar surface area (TPSA) is 75.2 Å². The Morgan fingerprint density at radius 2 is 1.19 bits per heavy atom. The highest BCUT2D eigenvalue weighted by Gasteiger charge is 2.15. The van der Waals surface area contributed by atoms with Crippen LogP contribution in [0, 0.1) is 0 Å². The molecule has 0 aromatic carbocycles. The van der Waals surface area contributed by atoms with Gasteiger partial charge in [0.05, 0.1) is 0 Å². The van der Waals surface area contributed by atoms with Gasteiger partial charge >= 0.3 is 7.75 Å². The van der Waals surface area contributed by atoms with Gasteiger partial charge in [-0.25, -0.2) is 9.65 Å². The summed E-state index contributed by atoms with van der Waals surface area (Å²) in [5.74, 6) is 0. The van der Waals surface area contributed by atoms with Gasteiger partial charge in [-0.2, -0.15) is 0 Å². The van der Waals surface area contributed by atoms with Gasteiger partial charge in [-0.05, 0) is 13.3 Å². The third-order valence-electron chi connectivity index (χ3n) is 1.59. The zero-order valence-corrected chi connectivity index (χ0v) is 12.3. The minimum atomic E-state index is -2.91. The average Bonchev–Trinajstić information content (AvgIpc) is 2.37. The van der Waals surface area contributed by atoms with Crippen LogP contribution in [0.3, 0.4) is 0 Å². The first-order chi connectivity index (χ1) is 7.36. The van der Waals surface area contributed by atoms with Crippen molar-refractivity contribution in [2.45, 2.75) is 0 Å². The number of hydrogen-bond donors (Lipinski definition) is 1. The van der Waals surface area contributed by atoms with E-state index in [-0.39, 0.29) is 0 Å². The fourth-order valence-corrected chi connectivity index (χ4v) is 1.44. The summed E-state index contributed by atoms with van der Waals surface area (Å²) < 4.78 is 34.1. The smallest absolute Gasteiger partial charge is 0.321 e. The van der Waals surface area contributed by atoms with Gasteiger partial charge in [-0.1, -0.05) is 0 Å². The average molecular weight is 277 g/mol. The van der Waals surface area contributed by atoms with E-state index in [0.29, 0.717) is 0 Å². The van der Waals surface area contributed by atoms with Crippen LogP contribution < -0.4 is 5.09 Å². The molecule has 0 rings (SSSR count). The predicted molar refractivity (Wildman–Crippen MR) is 65.8 cm³/mol. The fraction of sp³-hybridized carbons (Fsp3) is 0.857. The molecule has 7 nitrogen and oxygen atoms in total. The predicted octanol–water partition coefficient (Wildman–Crippen LogP) is 1.73. The van der Waals surface area contributed by atoms with Crippen LogP contribution in [0.25, 0.3) is 0 Å². The summed E-state index contributed by atoms with van der Waals surface area (Å²) in [6.07, 6.45) is 3.57. The van der Waals surface area contributed by atoms with Crippen molar-refractivity contribution in [2.75, 3.05) is 42.6 Å². The van der Waals surface area contributed by atoms with E-state index in [1.165, 1.54) is 42.6 Å². The third-order valence-corrected chi connectivity index (χ3v) is 4.77. The van der Waals surface area contributed by atoms with Crippen molar-refractivity contribution in [3.63, 3.8) is 0 Å². The minimum absolute atomic E-state index is 1.32. The maximum atomic E-state index is 10.8. The van der Waals surface area contributed by atoms with Crippen LogP contribution in [0.15, 0.2) is 0 Å². The second kappa shape index (κ2) is 9.33. The molecule has 0 unspecified atom stereocenters. The number of hydrogen-bond acceptors (Lipinski definition) is 6. The lowest BCUT2D eigenvalue weighted by Gasteiger charge is -2.16. The molecule has 0 aliphatic rings. The first-order valence-electron chi connectivity index (χ1n) is 4.18. The Hall–Kier alpha value is 0.290. The molecule has 0 aromatic heterocycles. The standard InChI is InChI=1S/C4H11O3P.C3H10NO3P/c1-5-8(4,6-2)7-3;1-4-8(5,6-2)7-3/h4H2,1-3H3;1-3H3,(H,4,5). The van der Waals surface area contributed by atoms with Crippen LogP contribution in [-0.2, 0) is 27.2 Å². The SMILES string of the molecule is C=P(OC)(OC)OC.CNP(=O)(OC)OC. The molecule has 0 saturated heterocycles. The van der Waals surface area contributed by atoms with Crippen molar-refractivity contribution >= 4 is 21.6 Å².